The number of unbranched alkanes of at least 4 members (excludes halogenated alkanes) is 3. The molecule has 0 heterocycles. The Balaban J connectivity index is -0.000000460. The van der Waals surface area contributed by atoms with Gasteiger partial charge in [0.1, 0.15) is 6.04 Å². The van der Waals surface area contributed by atoms with E-state index in [9.17, 15) is 33.6 Å². The van der Waals surface area contributed by atoms with Crippen LogP contribution in [-0.2, 0) is 52.5 Å². The maximum absolute atomic E-state index is 11.8. The molecule has 1 atom stereocenters. The number of carbonyl (C=O) groups excluding carboxylic acids is 7. The number of carbonyl (C=O) groups is 7. The highest BCUT2D eigenvalue weighted by molar-refractivity contribution is 7.80. The van der Waals surface area contributed by atoms with Crippen molar-refractivity contribution in [2.24, 2.45) is 5.73 Å². The van der Waals surface area contributed by atoms with Gasteiger partial charge in [-0.3, -0.25) is 33.6 Å². The van der Waals surface area contributed by atoms with Crippen LogP contribution >= 0.6 is 37.9 Å². The van der Waals surface area contributed by atoms with Crippen molar-refractivity contribution in [2.45, 2.75) is 118 Å². The molecule has 9 N–H and O–H groups in total. The molecule has 0 spiro atoms. The molecule has 0 aromatic rings. The lowest BCUT2D eigenvalue weighted by Crippen LogP contribution is -2.47. The highest BCUT2D eigenvalue weighted by Crippen LogP contribution is 1.95. The second kappa shape index (κ2) is 56.0. The SMILES string of the molecule is C=C(CCS)NCCCC.CC(NC(=O)CCS)C(=O)NCC(=O)NCCOCCOCCOCCOCCC(N)=O.CCCCNC(=O)CCC.CCCCNC(=O)CNC(=O)CCS. The van der Waals surface area contributed by atoms with E-state index in [-0.39, 0.29) is 62.1 Å². The van der Waals surface area contributed by atoms with E-state index in [1.807, 2.05) is 6.92 Å². The third-order valence-corrected chi connectivity index (χ3v) is 8.67. The fourth-order valence-corrected chi connectivity index (χ4v) is 4.96. The first-order valence-electron chi connectivity index (χ1n) is 23.2. The molecule has 22 heteroatoms. The Labute approximate surface area is 412 Å². The highest BCUT2D eigenvalue weighted by Gasteiger charge is 2.15. The largest absolute Gasteiger partial charge is 0.389 e. The number of allylic oxidation sites excluding steroid dienone is 1. The van der Waals surface area contributed by atoms with Crippen molar-refractivity contribution in [3.05, 3.63) is 12.3 Å². The second-order valence-corrected chi connectivity index (χ2v) is 15.6. The molecule has 0 bridgehead atoms. The van der Waals surface area contributed by atoms with Gasteiger partial charge in [0.2, 0.25) is 41.4 Å². The maximum atomic E-state index is 11.8. The Morgan fingerprint density at radius 1 is 0.470 bits per heavy atom. The third-order valence-electron chi connectivity index (χ3n) is 8.00. The molecule has 0 saturated carbocycles. The summed E-state index contributed by atoms with van der Waals surface area (Å²) in [5, 5.41) is 18.9. The molecule has 1 unspecified atom stereocenters. The van der Waals surface area contributed by atoms with Crippen molar-refractivity contribution in [1.82, 2.24) is 37.2 Å². The highest BCUT2D eigenvalue weighted by atomic mass is 32.1. The lowest BCUT2D eigenvalue weighted by atomic mass is 10.3. The zero-order valence-corrected chi connectivity index (χ0v) is 43.4. The summed E-state index contributed by atoms with van der Waals surface area (Å²) < 4.78 is 21.1. The van der Waals surface area contributed by atoms with Crippen LogP contribution in [0.3, 0.4) is 0 Å². The average Bonchev–Trinajstić information content (AvgIpc) is 3.27. The minimum atomic E-state index is -0.731. The van der Waals surface area contributed by atoms with Gasteiger partial charge >= 0.3 is 0 Å². The number of hydrogen-bond acceptors (Lipinski definition) is 15. The van der Waals surface area contributed by atoms with Crippen molar-refractivity contribution < 1.29 is 52.5 Å². The number of nitrogens with one attached hydrogen (secondary N) is 7. The van der Waals surface area contributed by atoms with Gasteiger partial charge in [0.05, 0.1) is 65.9 Å². The third kappa shape index (κ3) is 60.7. The normalized spacial score (nSPS) is 10.5. The fraction of sp³-hybridized carbons (Fsp3) is 0.795. The van der Waals surface area contributed by atoms with Crippen LogP contribution in [0.1, 0.15) is 112 Å². The fourth-order valence-electron chi connectivity index (χ4n) is 4.28. The van der Waals surface area contributed by atoms with Gasteiger partial charge in [-0.2, -0.15) is 37.9 Å². The molecule has 388 valence electrons. The second-order valence-electron chi connectivity index (χ2n) is 14.3. The Hall–Kier alpha value is -3.28. The quantitative estimate of drug-likeness (QED) is 0.0313. The van der Waals surface area contributed by atoms with E-state index in [0.29, 0.717) is 83.7 Å². The molecule has 0 fully saturated rings. The summed E-state index contributed by atoms with van der Waals surface area (Å²) in [5.41, 5.74) is 6.10. The predicted octanol–water partition coefficient (Wildman–Crippen LogP) is 2.24. The number of amides is 7. The van der Waals surface area contributed by atoms with E-state index >= 15 is 0 Å². The van der Waals surface area contributed by atoms with Crippen molar-refractivity contribution in [3.63, 3.8) is 0 Å². The zero-order valence-electron chi connectivity index (χ0n) is 40.7. The van der Waals surface area contributed by atoms with E-state index in [0.717, 1.165) is 63.1 Å². The van der Waals surface area contributed by atoms with Gasteiger partial charge in [0, 0.05) is 57.6 Å². The number of thiol groups is 3. The molecule has 66 heavy (non-hydrogen) atoms. The summed E-state index contributed by atoms with van der Waals surface area (Å²) >= 11 is 12.0. The zero-order chi connectivity index (χ0) is 50.5. The standard InChI is InChI=1S/C19H36N4O8S.C9H18N2O2S.C8H17NO.C8H17NS/c1-15(23-17(25)3-13-32)19(27)22-14-18(26)21-4-6-29-8-10-31-12-11-30-9-7-28-5-2-16(20)24;1-2-3-5-10-9(13)7-11-8(12)4-6-14;1-3-5-7-9-8(10)6-4-2;1-3-4-6-9-8(2)5-7-10/h15,32H,2-14H2,1H3,(H2,20,24)(H,21,26)(H,22,27)(H,23,25);14H,2-7H2,1H3,(H,10,13)(H,11,12);3-7H2,1-2H3,(H,9,10);9-10H,2-7H2,1H3. The van der Waals surface area contributed by atoms with Crippen LogP contribution in [0.15, 0.2) is 12.3 Å². The van der Waals surface area contributed by atoms with E-state index in [2.05, 4.69) is 102 Å². The lowest BCUT2D eigenvalue weighted by molar-refractivity contribution is -0.129. The first-order chi connectivity index (χ1) is 31.7. The number of rotatable bonds is 39. The molecule has 0 radical (unpaired) electrons. The maximum Gasteiger partial charge on any atom is 0.242 e. The Morgan fingerprint density at radius 2 is 0.879 bits per heavy atom. The summed E-state index contributed by atoms with van der Waals surface area (Å²) in [6.07, 6.45) is 10.1. The van der Waals surface area contributed by atoms with Crippen molar-refractivity contribution in [3.8, 4) is 0 Å². The van der Waals surface area contributed by atoms with Gasteiger partial charge in [-0.1, -0.05) is 53.5 Å². The minimum Gasteiger partial charge on any atom is -0.389 e. The minimum absolute atomic E-state index is 0.0658. The van der Waals surface area contributed by atoms with Gasteiger partial charge in [-0.25, -0.2) is 0 Å². The molecular weight excluding hydrogens is 913 g/mol. The van der Waals surface area contributed by atoms with Crippen LogP contribution in [0.2, 0.25) is 0 Å². The monoisotopic (exact) mass is 1000 g/mol. The molecule has 0 rings (SSSR count). The van der Waals surface area contributed by atoms with E-state index in [1.165, 1.54) is 19.8 Å². The van der Waals surface area contributed by atoms with Crippen LogP contribution in [0.25, 0.3) is 0 Å². The molecule has 19 nitrogen and oxygen atoms in total. The molecule has 0 saturated heterocycles. The summed E-state index contributed by atoms with van der Waals surface area (Å²) in [6.45, 7) is 19.5. The van der Waals surface area contributed by atoms with Crippen LogP contribution in [0, 0.1) is 0 Å². The first kappa shape index (κ1) is 69.3. The molecular formula is C44H88N8O11S3. The predicted molar refractivity (Wildman–Crippen MR) is 272 cm³/mol. The van der Waals surface area contributed by atoms with Crippen molar-refractivity contribution in [1.29, 1.82) is 0 Å². The summed E-state index contributed by atoms with van der Waals surface area (Å²) in [5.74, 6) is 0.232. The average molecular weight is 1000 g/mol. The van der Waals surface area contributed by atoms with Gasteiger partial charge in [-0.05, 0) is 56.3 Å². The van der Waals surface area contributed by atoms with E-state index < -0.39 is 17.9 Å². The lowest BCUT2D eigenvalue weighted by Gasteiger charge is -2.14. The number of nitrogens with two attached hydrogens (primary N) is 1. The van der Waals surface area contributed by atoms with Crippen molar-refractivity contribution >= 4 is 79.2 Å². The number of ether oxygens (including phenoxy) is 4. The van der Waals surface area contributed by atoms with Gasteiger partial charge in [-0.15, -0.1) is 0 Å². The first-order valence-corrected chi connectivity index (χ1v) is 25.1. The molecule has 0 aliphatic rings. The molecule has 0 aliphatic heterocycles. The Morgan fingerprint density at radius 3 is 1.35 bits per heavy atom. The van der Waals surface area contributed by atoms with E-state index in [1.54, 1.807) is 0 Å². The Kier molecular flexibility index (Phi) is 58.8. The molecule has 7 amide bonds. The van der Waals surface area contributed by atoms with Crippen LogP contribution in [0.5, 0.6) is 0 Å². The smallest absolute Gasteiger partial charge is 0.242 e. The summed E-state index contributed by atoms with van der Waals surface area (Å²) in [7, 11) is 0. The van der Waals surface area contributed by atoms with Gasteiger partial charge in [0.25, 0.3) is 0 Å². The van der Waals surface area contributed by atoms with E-state index in [4.69, 9.17) is 24.7 Å². The van der Waals surface area contributed by atoms with Crippen LogP contribution < -0.4 is 43.0 Å². The molecule has 0 aliphatic carbocycles. The Bertz CT molecular complexity index is 1220. The molecule has 0 aromatic carbocycles. The number of primary amides is 1. The van der Waals surface area contributed by atoms with Gasteiger partial charge in [0.15, 0.2) is 0 Å². The topological polar surface area (TPSA) is 267 Å². The van der Waals surface area contributed by atoms with Crippen LogP contribution in [0.4, 0.5) is 0 Å². The van der Waals surface area contributed by atoms with Crippen LogP contribution in [-0.4, -0.2) is 157 Å². The summed E-state index contributed by atoms with van der Waals surface area (Å²) in [6, 6.07) is -0.731. The molecule has 0 aromatic heterocycles. The summed E-state index contributed by atoms with van der Waals surface area (Å²) in [4.78, 5) is 78.2. The number of hydrogen-bond donors (Lipinski definition) is 11. The van der Waals surface area contributed by atoms with Crippen molar-refractivity contribution in [2.75, 3.05) is 109 Å². The van der Waals surface area contributed by atoms with Gasteiger partial charge < -0.3 is 61.9 Å².